The van der Waals surface area contributed by atoms with Gasteiger partial charge in [-0.1, -0.05) is 47.5 Å². The van der Waals surface area contributed by atoms with Crippen molar-refractivity contribution in [3.8, 4) is 22.3 Å². The fourth-order valence-corrected chi connectivity index (χ4v) is 4.03. The van der Waals surface area contributed by atoms with E-state index in [9.17, 15) is 8.78 Å². The lowest BCUT2D eigenvalue weighted by atomic mass is 10.1. The molecule has 0 spiro atoms. The van der Waals surface area contributed by atoms with Crippen LogP contribution in [0, 0.1) is 11.6 Å². The van der Waals surface area contributed by atoms with Gasteiger partial charge in [-0.25, -0.2) is 18.7 Å². The van der Waals surface area contributed by atoms with Crippen molar-refractivity contribution in [2.75, 3.05) is 0 Å². The number of nitrogens with zero attached hydrogens (tertiary/aromatic N) is 2. The molecule has 0 saturated heterocycles. The Kier molecular flexibility index (Phi) is 6.01. The lowest BCUT2D eigenvalue weighted by Crippen LogP contribution is -1.82. The molecule has 4 nitrogen and oxygen atoms in total. The Bertz CT molecular complexity index is 1500. The van der Waals surface area contributed by atoms with Crippen LogP contribution in [0.1, 0.15) is 0 Å². The van der Waals surface area contributed by atoms with E-state index in [-0.39, 0.29) is 11.6 Å². The maximum absolute atomic E-state index is 13.1. The highest BCUT2D eigenvalue weighted by Gasteiger charge is 2.05. The molecule has 0 unspecified atom stereocenters. The molecule has 0 aliphatic heterocycles. The normalized spacial score (nSPS) is 10.9. The van der Waals surface area contributed by atoms with Crippen LogP contribution >= 0.6 is 23.2 Å². The number of benzene rings is 2. The fraction of sp³-hybridized carbons (Fsp3) is 0. The van der Waals surface area contributed by atoms with Gasteiger partial charge in [0.1, 0.15) is 33.2 Å². The van der Waals surface area contributed by atoms with Crippen molar-refractivity contribution in [3.05, 3.63) is 107 Å². The molecule has 4 aromatic heterocycles. The van der Waals surface area contributed by atoms with Gasteiger partial charge in [-0.3, -0.25) is 0 Å². The third kappa shape index (κ3) is 4.78. The number of H-pyrrole nitrogens is 2. The van der Waals surface area contributed by atoms with Crippen LogP contribution in [-0.4, -0.2) is 19.9 Å². The van der Waals surface area contributed by atoms with Crippen molar-refractivity contribution in [2.24, 2.45) is 0 Å². The number of fused-ring (bicyclic) bond motifs is 2. The molecule has 0 saturated carbocycles. The van der Waals surface area contributed by atoms with E-state index in [1.165, 1.54) is 24.3 Å². The van der Waals surface area contributed by atoms with Gasteiger partial charge >= 0.3 is 0 Å². The first-order valence-corrected chi connectivity index (χ1v) is 11.0. The predicted octanol–water partition coefficient (Wildman–Crippen LogP) is 8.04. The van der Waals surface area contributed by atoms with Gasteiger partial charge in [0.05, 0.1) is 0 Å². The van der Waals surface area contributed by atoms with Crippen LogP contribution in [0.3, 0.4) is 0 Å². The fourth-order valence-electron chi connectivity index (χ4n) is 3.62. The molecule has 6 rings (SSSR count). The smallest absolute Gasteiger partial charge is 0.138 e. The number of halogens is 4. The maximum atomic E-state index is 13.1. The second-order valence-corrected chi connectivity index (χ2v) is 8.39. The van der Waals surface area contributed by atoms with E-state index < -0.39 is 0 Å². The van der Waals surface area contributed by atoms with Crippen LogP contribution < -0.4 is 0 Å². The second-order valence-electron chi connectivity index (χ2n) is 7.58. The van der Waals surface area contributed by atoms with Crippen LogP contribution in [0.5, 0.6) is 0 Å². The van der Waals surface area contributed by atoms with Crippen LogP contribution in [0.2, 0.25) is 10.3 Å². The highest BCUT2D eigenvalue weighted by atomic mass is 35.5. The summed E-state index contributed by atoms with van der Waals surface area (Å²) in [5.74, 6) is -0.510. The molecule has 0 aliphatic rings. The number of aromatic amines is 2. The zero-order chi connectivity index (χ0) is 23.7. The first kappa shape index (κ1) is 22.1. The van der Waals surface area contributed by atoms with E-state index in [4.69, 9.17) is 23.2 Å². The van der Waals surface area contributed by atoms with Gasteiger partial charge < -0.3 is 9.97 Å². The summed E-state index contributed by atoms with van der Waals surface area (Å²) < 4.78 is 26.2. The van der Waals surface area contributed by atoms with E-state index in [1.54, 1.807) is 36.7 Å². The summed E-state index contributed by atoms with van der Waals surface area (Å²) in [5.41, 5.74) is 4.80. The monoisotopic (exact) mass is 492 g/mol. The molecule has 0 amide bonds. The van der Waals surface area contributed by atoms with Crippen LogP contribution in [0.15, 0.2) is 85.2 Å². The Balaban J connectivity index is 0.000000142. The van der Waals surface area contributed by atoms with E-state index in [0.717, 1.165) is 44.3 Å². The average molecular weight is 493 g/mol. The first-order valence-electron chi connectivity index (χ1n) is 10.2. The molecule has 2 N–H and O–H groups in total. The number of aromatic nitrogens is 4. The standard InChI is InChI=1S/2C13H8ClFN2/c2*14-12-6-9-4-10(7-16-13(9)17-12)8-2-1-3-11(15)5-8/h2*1-7H,(H,16,17). The van der Waals surface area contributed by atoms with Crippen molar-refractivity contribution in [1.82, 2.24) is 19.9 Å². The number of rotatable bonds is 2. The lowest BCUT2D eigenvalue weighted by molar-refractivity contribution is 0.628. The highest BCUT2D eigenvalue weighted by molar-refractivity contribution is 6.30. The van der Waals surface area contributed by atoms with Gasteiger partial charge in [-0.2, -0.15) is 0 Å². The van der Waals surface area contributed by atoms with Crippen LogP contribution in [0.4, 0.5) is 8.78 Å². The Hall–Kier alpha value is -3.74. The zero-order valence-corrected chi connectivity index (χ0v) is 19.0. The minimum atomic E-state index is -0.255. The van der Waals surface area contributed by atoms with Gasteiger partial charge in [0, 0.05) is 34.3 Å². The summed E-state index contributed by atoms with van der Waals surface area (Å²) in [6, 6.07) is 20.3. The van der Waals surface area contributed by atoms with Gasteiger partial charge in [-0.15, -0.1) is 0 Å². The van der Waals surface area contributed by atoms with E-state index in [0.29, 0.717) is 10.3 Å². The Morgan fingerprint density at radius 2 is 1.00 bits per heavy atom. The molecule has 168 valence electrons. The second kappa shape index (κ2) is 9.25. The minimum absolute atomic E-state index is 0.255. The predicted molar refractivity (Wildman–Crippen MR) is 133 cm³/mol. The van der Waals surface area contributed by atoms with Crippen molar-refractivity contribution >= 4 is 45.3 Å². The zero-order valence-electron chi connectivity index (χ0n) is 17.5. The molecule has 2 aromatic carbocycles. The molecule has 4 heterocycles. The molecule has 0 aliphatic carbocycles. The molecule has 34 heavy (non-hydrogen) atoms. The van der Waals surface area contributed by atoms with Gasteiger partial charge in [0.25, 0.3) is 0 Å². The van der Waals surface area contributed by atoms with Crippen molar-refractivity contribution < 1.29 is 8.78 Å². The van der Waals surface area contributed by atoms with Crippen molar-refractivity contribution in [3.63, 3.8) is 0 Å². The quantitative estimate of drug-likeness (QED) is 0.257. The summed E-state index contributed by atoms with van der Waals surface area (Å²) in [6.07, 6.45) is 3.40. The summed E-state index contributed by atoms with van der Waals surface area (Å²) in [6.45, 7) is 0. The molecule has 0 fully saturated rings. The number of hydrogen-bond donors (Lipinski definition) is 2. The largest absolute Gasteiger partial charge is 0.330 e. The molecule has 0 atom stereocenters. The summed E-state index contributed by atoms with van der Waals surface area (Å²) in [7, 11) is 0. The summed E-state index contributed by atoms with van der Waals surface area (Å²) >= 11 is 11.7. The Morgan fingerprint density at radius 3 is 1.41 bits per heavy atom. The van der Waals surface area contributed by atoms with Crippen molar-refractivity contribution in [1.29, 1.82) is 0 Å². The third-order valence-corrected chi connectivity index (χ3v) is 5.60. The Morgan fingerprint density at radius 1 is 0.559 bits per heavy atom. The number of pyridine rings is 2. The molecule has 0 radical (unpaired) electrons. The van der Waals surface area contributed by atoms with Gasteiger partial charge in [-0.05, 0) is 59.7 Å². The van der Waals surface area contributed by atoms with Gasteiger partial charge in [0.15, 0.2) is 0 Å². The third-order valence-electron chi connectivity index (χ3n) is 5.19. The molecular weight excluding hydrogens is 477 g/mol. The molecule has 0 bridgehead atoms. The molecular formula is C26H16Cl2F2N4. The van der Waals surface area contributed by atoms with Gasteiger partial charge in [0.2, 0.25) is 0 Å². The van der Waals surface area contributed by atoms with E-state index in [1.807, 2.05) is 24.3 Å². The maximum Gasteiger partial charge on any atom is 0.138 e. The van der Waals surface area contributed by atoms with Crippen LogP contribution in [0.25, 0.3) is 44.3 Å². The highest BCUT2D eigenvalue weighted by Crippen LogP contribution is 2.26. The SMILES string of the molecule is Fc1cccc(-c2cnc3[nH]c(Cl)cc3c2)c1.Fc1cccc(-c2cnc3[nH]c(Cl)cc3c2)c1. The van der Waals surface area contributed by atoms with E-state index >= 15 is 0 Å². The van der Waals surface area contributed by atoms with E-state index in [2.05, 4.69) is 19.9 Å². The Labute approximate surface area is 203 Å². The molecule has 6 aromatic rings. The number of hydrogen-bond acceptors (Lipinski definition) is 2. The summed E-state index contributed by atoms with van der Waals surface area (Å²) in [5, 5.41) is 2.92. The lowest BCUT2D eigenvalue weighted by Gasteiger charge is -2.01. The first-order chi connectivity index (χ1) is 16.4. The van der Waals surface area contributed by atoms with Crippen molar-refractivity contribution in [2.45, 2.75) is 0 Å². The molecule has 8 heteroatoms. The topological polar surface area (TPSA) is 57.4 Å². The minimum Gasteiger partial charge on any atom is -0.330 e. The number of nitrogens with one attached hydrogen (secondary N) is 2. The van der Waals surface area contributed by atoms with Crippen LogP contribution in [-0.2, 0) is 0 Å². The summed E-state index contributed by atoms with van der Waals surface area (Å²) in [4.78, 5) is 14.3. The average Bonchev–Trinajstić information content (AvgIpc) is 3.38.